The number of carbonyl (C=O) groups is 1. The molecule has 3 aromatic rings. The Balaban J connectivity index is 1.83. The average molecular weight is 349 g/mol. The van der Waals surface area contributed by atoms with E-state index < -0.39 is 0 Å². The van der Waals surface area contributed by atoms with Crippen LogP contribution in [0.15, 0.2) is 42.6 Å². The third kappa shape index (κ3) is 3.03. The van der Waals surface area contributed by atoms with Gasteiger partial charge < -0.3 is 14.4 Å². The lowest BCUT2D eigenvalue weighted by atomic mass is 10.2. The van der Waals surface area contributed by atoms with Crippen LogP contribution in [0.1, 0.15) is 25.3 Å². The first-order chi connectivity index (χ1) is 12.6. The molecule has 1 aromatic carbocycles. The molecule has 0 aliphatic carbocycles. The number of amides is 1. The van der Waals surface area contributed by atoms with E-state index in [9.17, 15) is 4.79 Å². The number of pyridine rings is 1. The van der Waals surface area contributed by atoms with Crippen LogP contribution >= 0.6 is 0 Å². The Morgan fingerprint density at radius 1 is 1.19 bits per heavy atom. The summed E-state index contributed by atoms with van der Waals surface area (Å²) in [5.41, 5.74) is 3.69. The molecule has 1 aliphatic heterocycles. The van der Waals surface area contributed by atoms with Crippen LogP contribution < -0.4 is 9.80 Å². The van der Waals surface area contributed by atoms with Crippen LogP contribution in [0, 0.1) is 0 Å². The van der Waals surface area contributed by atoms with Crippen LogP contribution in [0.4, 0.5) is 11.6 Å². The minimum absolute atomic E-state index is 0.0139. The smallest absolute Gasteiger partial charge is 0.223 e. The van der Waals surface area contributed by atoms with Crippen molar-refractivity contribution in [2.24, 2.45) is 0 Å². The Bertz CT molecular complexity index is 928. The molecule has 0 atom stereocenters. The Hall–Kier alpha value is -2.89. The molecule has 1 saturated heterocycles. The summed E-state index contributed by atoms with van der Waals surface area (Å²) in [7, 11) is 1.77. The van der Waals surface area contributed by atoms with Gasteiger partial charge in [0.1, 0.15) is 0 Å². The zero-order chi connectivity index (χ0) is 18.1. The van der Waals surface area contributed by atoms with Crippen molar-refractivity contribution in [3.63, 3.8) is 0 Å². The summed E-state index contributed by atoms with van der Waals surface area (Å²) >= 11 is 0. The molecular weight excluding hydrogens is 326 g/mol. The number of benzene rings is 1. The summed E-state index contributed by atoms with van der Waals surface area (Å²) in [6.07, 6.45) is 4.11. The number of rotatable bonds is 4. The molecule has 0 bridgehead atoms. The van der Waals surface area contributed by atoms with Crippen molar-refractivity contribution in [2.75, 3.05) is 29.9 Å². The molecule has 134 valence electrons. The molecule has 0 radical (unpaired) electrons. The van der Waals surface area contributed by atoms with Crippen LogP contribution in [0.5, 0.6) is 0 Å². The normalized spacial score (nSPS) is 14.2. The minimum atomic E-state index is -0.0139. The van der Waals surface area contributed by atoms with E-state index in [1.165, 1.54) is 18.4 Å². The number of anilines is 2. The second-order valence-electron chi connectivity index (χ2n) is 6.79. The van der Waals surface area contributed by atoms with E-state index in [-0.39, 0.29) is 5.91 Å². The van der Waals surface area contributed by atoms with Gasteiger partial charge in [0.15, 0.2) is 5.65 Å². The van der Waals surface area contributed by atoms with E-state index in [1.54, 1.807) is 25.1 Å². The molecule has 0 saturated carbocycles. The van der Waals surface area contributed by atoms with Crippen molar-refractivity contribution < 1.29 is 4.79 Å². The Labute approximate surface area is 153 Å². The average Bonchev–Trinajstić information content (AvgIpc) is 3.30. The van der Waals surface area contributed by atoms with E-state index in [0.29, 0.717) is 0 Å². The number of fused-ring (bicyclic) bond motifs is 1. The van der Waals surface area contributed by atoms with Gasteiger partial charge in [0.25, 0.3) is 0 Å². The molecule has 2 aromatic heterocycles. The van der Waals surface area contributed by atoms with E-state index >= 15 is 0 Å². The predicted molar refractivity (Wildman–Crippen MR) is 104 cm³/mol. The first-order valence-corrected chi connectivity index (χ1v) is 9.03. The molecule has 26 heavy (non-hydrogen) atoms. The SMILES string of the molecule is CC(=O)N(C)c1cnc2nc(N3CCCC3)n(Cc3ccccc3)c2c1. The number of hydrogen-bond acceptors (Lipinski definition) is 4. The highest BCUT2D eigenvalue weighted by molar-refractivity contribution is 5.92. The molecular formula is C20H23N5O. The van der Waals surface area contributed by atoms with Crippen LogP contribution in [-0.2, 0) is 11.3 Å². The Morgan fingerprint density at radius 3 is 2.62 bits per heavy atom. The topological polar surface area (TPSA) is 54.3 Å². The van der Waals surface area contributed by atoms with Crippen LogP contribution in [0.25, 0.3) is 11.2 Å². The fraction of sp³-hybridized carbons (Fsp3) is 0.350. The van der Waals surface area contributed by atoms with Gasteiger partial charge in [-0.1, -0.05) is 30.3 Å². The molecule has 4 rings (SSSR count). The first-order valence-electron chi connectivity index (χ1n) is 9.03. The lowest BCUT2D eigenvalue weighted by Gasteiger charge is -2.19. The summed E-state index contributed by atoms with van der Waals surface area (Å²) in [4.78, 5) is 25.0. The zero-order valence-electron chi connectivity index (χ0n) is 15.2. The van der Waals surface area contributed by atoms with Gasteiger partial charge in [-0.15, -0.1) is 0 Å². The third-order valence-corrected chi connectivity index (χ3v) is 5.00. The second kappa shape index (κ2) is 6.78. The summed E-state index contributed by atoms with van der Waals surface area (Å²) in [5, 5.41) is 0. The van der Waals surface area contributed by atoms with Crippen molar-refractivity contribution in [2.45, 2.75) is 26.3 Å². The number of hydrogen-bond donors (Lipinski definition) is 0. The molecule has 1 fully saturated rings. The molecule has 0 unspecified atom stereocenters. The maximum atomic E-state index is 11.7. The maximum Gasteiger partial charge on any atom is 0.223 e. The summed E-state index contributed by atoms with van der Waals surface area (Å²) < 4.78 is 2.22. The summed E-state index contributed by atoms with van der Waals surface area (Å²) in [6.45, 7) is 4.34. The number of carbonyl (C=O) groups excluding carboxylic acids is 1. The van der Waals surface area contributed by atoms with Crippen molar-refractivity contribution in [3.05, 3.63) is 48.2 Å². The summed E-state index contributed by atoms with van der Waals surface area (Å²) in [5.74, 6) is 0.955. The third-order valence-electron chi connectivity index (χ3n) is 5.00. The van der Waals surface area contributed by atoms with Gasteiger partial charge >= 0.3 is 0 Å². The van der Waals surface area contributed by atoms with Gasteiger partial charge in [-0.25, -0.2) is 4.98 Å². The van der Waals surface area contributed by atoms with Gasteiger partial charge in [-0.05, 0) is 24.5 Å². The van der Waals surface area contributed by atoms with E-state index in [0.717, 1.165) is 42.4 Å². The largest absolute Gasteiger partial charge is 0.342 e. The van der Waals surface area contributed by atoms with Gasteiger partial charge in [0, 0.05) is 27.1 Å². The van der Waals surface area contributed by atoms with Gasteiger partial charge in [-0.2, -0.15) is 4.98 Å². The molecule has 6 heteroatoms. The molecule has 0 spiro atoms. The second-order valence-corrected chi connectivity index (χ2v) is 6.79. The maximum absolute atomic E-state index is 11.7. The van der Waals surface area contributed by atoms with Crippen molar-refractivity contribution in [1.29, 1.82) is 0 Å². The fourth-order valence-corrected chi connectivity index (χ4v) is 3.43. The van der Waals surface area contributed by atoms with Gasteiger partial charge in [0.05, 0.1) is 23.9 Å². The van der Waals surface area contributed by atoms with E-state index in [4.69, 9.17) is 4.98 Å². The highest BCUT2D eigenvalue weighted by atomic mass is 16.2. The highest BCUT2D eigenvalue weighted by Gasteiger charge is 2.21. The minimum Gasteiger partial charge on any atom is -0.342 e. The standard InChI is InChI=1S/C20H23N5O/c1-15(26)23(2)17-12-18-19(21-13-17)22-20(24-10-6-7-11-24)25(18)14-16-8-4-3-5-9-16/h3-5,8-9,12-13H,6-7,10-11,14H2,1-2H3. The number of nitrogens with zero attached hydrogens (tertiary/aromatic N) is 5. The highest BCUT2D eigenvalue weighted by Crippen LogP contribution is 2.28. The first kappa shape index (κ1) is 16.6. The molecule has 3 heterocycles. The van der Waals surface area contributed by atoms with Crippen LogP contribution in [-0.4, -0.2) is 40.6 Å². The van der Waals surface area contributed by atoms with Gasteiger partial charge in [-0.3, -0.25) is 4.79 Å². The molecule has 0 N–H and O–H groups in total. The molecule has 1 aliphatic rings. The Kier molecular flexibility index (Phi) is 4.32. The fourth-order valence-electron chi connectivity index (χ4n) is 3.43. The monoisotopic (exact) mass is 349 g/mol. The number of imidazole rings is 1. The molecule has 1 amide bonds. The number of aromatic nitrogens is 3. The zero-order valence-corrected chi connectivity index (χ0v) is 15.2. The van der Waals surface area contributed by atoms with Crippen LogP contribution in [0.3, 0.4) is 0 Å². The van der Waals surface area contributed by atoms with Crippen molar-refractivity contribution in [1.82, 2.24) is 14.5 Å². The summed E-state index contributed by atoms with van der Waals surface area (Å²) in [6, 6.07) is 12.4. The Morgan fingerprint density at radius 2 is 1.92 bits per heavy atom. The van der Waals surface area contributed by atoms with E-state index in [2.05, 4.69) is 38.7 Å². The van der Waals surface area contributed by atoms with Gasteiger partial charge in [0.2, 0.25) is 11.9 Å². The van der Waals surface area contributed by atoms with Crippen molar-refractivity contribution >= 4 is 28.7 Å². The molecule has 6 nitrogen and oxygen atoms in total. The predicted octanol–water partition coefficient (Wildman–Crippen LogP) is 3.06. The van der Waals surface area contributed by atoms with Crippen LogP contribution in [0.2, 0.25) is 0 Å². The van der Waals surface area contributed by atoms with Crippen molar-refractivity contribution in [3.8, 4) is 0 Å². The lowest BCUT2D eigenvalue weighted by molar-refractivity contribution is -0.116. The quantitative estimate of drug-likeness (QED) is 0.726. The lowest BCUT2D eigenvalue weighted by Crippen LogP contribution is -2.23. The van der Waals surface area contributed by atoms with E-state index in [1.807, 2.05) is 12.1 Å².